The first-order chi connectivity index (χ1) is 9.56. The van der Waals surface area contributed by atoms with Crippen molar-refractivity contribution in [2.24, 2.45) is 0 Å². The smallest absolute Gasteiger partial charge is 0.249 e. The summed E-state index contributed by atoms with van der Waals surface area (Å²) in [4.78, 5) is 25.0. The lowest BCUT2D eigenvalue weighted by Crippen LogP contribution is -2.51. The van der Waals surface area contributed by atoms with E-state index < -0.39 is 0 Å². The van der Waals surface area contributed by atoms with E-state index in [1.165, 1.54) is 0 Å². The van der Waals surface area contributed by atoms with E-state index in [2.05, 4.69) is 12.2 Å². The molecule has 108 valence electrons. The van der Waals surface area contributed by atoms with Gasteiger partial charge in [0, 0.05) is 25.2 Å². The first-order valence-electron chi connectivity index (χ1n) is 6.80. The predicted molar refractivity (Wildman–Crippen MR) is 76.9 cm³/mol. The molecule has 0 aromatic heterocycles. The molecule has 0 spiro atoms. The Hall–Kier alpha value is -2.04. The maximum atomic E-state index is 11.9. The van der Waals surface area contributed by atoms with Crippen LogP contribution in [0.15, 0.2) is 18.2 Å². The third kappa shape index (κ3) is 2.76. The van der Waals surface area contributed by atoms with Gasteiger partial charge in [-0.05, 0) is 24.5 Å². The van der Waals surface area contributed by atoms with Gasteiger partial charge in [-0.1, -0.05) is 13.0 Å². The largest absolute Gasteiger partial charge is 0.496 e. The fourth-order valence-electron chi connectivity index (χ4n) is 2.48. The molecular formula is C15H20N2O3. The number of rotatable bonds is 4. The zero-order valence-electron chi connectivity index (χ0n) is 12.1. The molecule has 1 aromatic carbocycles. The molecule has 20 heavy (non-hydrogen) atoms. The molecule has 2 amide bonds. The number of aryl methyl sites for hydroxylation is 1. The molecule has 1 atom stereocenters. The van der Waals surface area contributed by atoms with Gasteiger partial charge in [0.05, 0.1) is 7.11 Å². The summed E-state index contributed by atoms with van der Waals surface area (Å²) in [6, 6.07) is 5.61. The second kappa shape index (κ2) is 5.94. The summed E-state index contributed by atoms with van der Waals surface area (Å²) < 4.78 is 5.38. The average Bonchev–Trinajstić information content (AvgIpc) is 2.45. The Balaban J connectivity index is 2.22. The number of hydrogen-bond donors (Lipinski definition) is 1. The van der Waals surface area contributed by atoms with Gasteiger partial charge >= 0.3 is 0 Å². The van der Waals surface area contributed by atoms with Crippen molar-refractivity contribution >= 4 is 17.5 Å². The van der Waals surface area contributed by atoms with Gasteiger partial charge < -0.3 is 9.64 Å². The maximum absolute atomic E-state index is 11.9. The third-order valence-corrected chi connectivity index (χ3v) is 3.74. The summed E-state index contributed by atoms with van der Waals surface area (Å²) in [5.41, 5.74) is 2.04. The van der Waals surface area contributed by atoms with Crippen LogP contribution in [0.4, 0.5) is 5.69 Å². The highest BCUT2D eigenvalue weighted by molar-refractivity contribution is 6.01. The number of nitrogens with one attached hydrogen (secondary N) is 1. The number of amides is 2. The van der Waals surface area contributed by atoms with Crippen LogP contribution in [0.2, 0.25) is 0 Å². The van der Waals surface area contributed by atoms with E-state index in [-0.39, 0.29) is 17.9 Å². The van der Waals surface area contributed by atoms with Crippen molar-refractivity contribution in [3.05, 3.63) is 23.8 Å². The number of imide groups is 1. The van der Waals surface area contributed by atoms with Crippen molar-refractivity contribution in [3.63, 3.8) is 0 Å². The lowest BCUT2D eigenvalue weighted by Gasteiger charge is -2.31. The van der Waals surface area contributed by atoms with Crippen LogP contribution in [0.25, 0.3) is 0 Å². The van der Waals surface area contributed by atoms with Crippen LogP contribution in [0, 0.1) is 0 Å². The standard InChI is InChI=1S/C15H20N2O3/c1-4-10-5-6-11(9-13(10)20-3)17(2)12-7-8-14(18)16-15(12)19/h5-6,9,12H,4,7-8H2,1-3H3,(H,16,18,19). The highest BCUT2D eigenvalue weighted by Gasteiger charge is 2.30. The van der Waals surface area contributed by atoms with E-state index >= 15 is 0 Å². The number of benzene rings is 1. The summed E-state index contributed by atoms with van der Waals surface area (Å²) in [5, 5.41) is 2.38. The van der Waals surface area contributed by atoms with Crippen LogP contribution >= 0.6 is 0 Å². The van der Waals surface area contributed by atoms with E-state index in [9.17, 15) is 9.59 Å². The molecule has 5 heteroatoms. The molecule has 1 N–H and O–H groups in total. The quantitative estimate of drug-likeness (QED) is 0.847. The Morgan fingerprint density at radius 3 is 2.75 bits per heavy atom. The molecular weight excluding hydrogens is 256 g/mol. The normalized spacial score (nSPS) is 18.6. The minimum atomic E-state index is -0.315. The van der Waals surface area contributed by atoms with E-state index in [1.54, 1.807) is 7.11 Å². The van der Waals surface area contributed by atoms with Gasteiger partial charge in [0.1, 0.15) is 11.8 Å². The Kier molecular flexibility index (Phi) is 4.27. The van der Waals surface area contributed by atoms with E-state index in [4.69, 9.17) is 4.74 Å². The predicted octanol–water partition coefficient (Wildman–Crippen LogP) is 1.50. The number of hydrogen-bond acceptors (Lipinski definition) is 4. The zero-order chi connectivity index (χ0) is 14.7. The topological polar surface area (TPSA) is 58.6 Å². The minimum absolute atomic E-state index is 0.196. The van der Waals surface area contributed by atoms with Crippen molar-refractivity contribution in [1.29, 1.82) is 0 Å². The van der Waals surface area contributed by atoms with Crippen LogP contribution in [-0.2, 0) is 16.0 Å². The number of anilines is 1. The third-order valence-electron chi connectivity index (χ3n) is 3.74. The van der Waals surface area contributed by atoms with E-state index in [1.807, 2.05) is 30.1 Å². The first kappa shape index (κ1) is 14.4. The fraction of sp³-hybridized carbons (Fsp3) is 0.467. The van der Waals surface area contributed by atoms with Crippen LogP contribution in [-0.4, -0.2) is 32.0 Å². The average molecular weight is 276 g/mol. The number of methoxy groups -OCH3 is 1. The zero-order valence-corrected chi connectivity index (χ0v) is 12.1. The molecule has 0 saturated carbocycles. The molecule has 1 fully saturated rings. The van der Waals surface area contributed by atoms with Crippen molar-refractivity contribution < 1.29 is 14.3 Å². The van der Waals surface area contributed by atoms with Crippen molar-refractivity contribution in [2.45, 2.75) is 32.2 Å². The van der Waals surface area contributed by atoms with E-state index in [0.717, 1.165) is 23.4 Å². The van der Waals surface area contributed by atoms with Gasteiger partial charge in [-0.25, -0.2) is 0 Å². The number of piperidine rings is 1. The minimum Gasteiger partial charge on any atom is -0.496 e. The fourth-order valence-corrected chi connectivity index (χ4v) is 2.48. The van der Waals surface area contributed by atoms with Crippen LogP contribution in [0.5, 0.6) is 5.75 Å². The van der Waals surface area contributed by atoms with Gasteiger partial charge in [-0.2, -0.15) is 0 Å². The molecule has 1 saturated heterocycles. The summed E-state index contributed by atoms with van der Waals surface area (Å²) >= 11 is 0. The first-order valence-corrected chi connectivity index (χ1v) is 6.80. The summed E-state index contributed by atoms with van der Waals surface area (Å²) in [6.07, 6.45) is 1.82. The molecule has 1 aliphatic heterocycles. The lowest BCUT2D eigenvalue weighted by molar-refractivity contribution is -0.134. The van der Waals surface area contributed by atoms with E-state index in [0.29, 0.717) is 12.8 Å². The molecule has 1 aromatic rings. The Morgan fingerprint density at radius 1 is 1.40 bits per heavy atom. The molecule has 0 aliphatic carbocycles. The van der Waals surface area contributed by atoms with Gasteiger partial charge in [0.15, 0.2) is 0 Å². The van der Waals surface area contributed by atoms with Gasteiger partial charge in [-0.3, -0.25) is 14.9 Å². The van der Waals surface area contributed by atoms with Crippen LogP contribution < -0.4 is 15.0 Å². The number of ether oxygens (including phenoxy) is 1. The van der Waals surface area contributed by atoms with Crippen molar-refractivity contribution in [1.82, 2.24) is 5.32 Å². The molecule has 1 aliphatic rings. The highest BCUT2D eigenvalue weighted by Crippen LogP contribution is 2.27. The number of nitrogens with zero attached hydrogens (tertiary/aromatic N) is 1. The molecule has 1 heterocycles. The number of likely N-dealkylation sites (N-methyl/N-ethyl adjacent to an activating group) is 1. The molecule has 1 unspecified atom stereocenters. The monoisotopic (exact) mass is 276 g/mol. The number of carbonyl (C=O) groups excluding carboxylic acids is 2. The Morgan fingerprint density at radius 2 is 2.15 bits per heavy atom. The summed E-state index contributed by atoms with van der Waals surface area (Å²) in [7, 11) is 3.50. The second-order valence-corrected chi connectivity index (χ2v) is 4.93. The second-order valence-electron chi connectivity index (χ2n) is 4.93. The number of carbonyl (C=O) groups is 2. The molecule has 0 radical (unpaired) electrons. The highest BCUT2D eigenvalue weighted by atomic mass is 16.5. The SMILES string of the molecule is CCc1ccc(N(C)C2CCC(=O)NC2=O)cc1OC. The van der Waals surface area contributed by atoms with Crippen molar-refractivity contribution in [2.75, 3.05) is 19.1 Å². The summed E-state index contributed by atoms with van der Waals surface area (Å²) in [5.74, 6) is 0.394. The molecule has 2 rings (SSSR count). The molecule has 5 nitrogen and oxygen atoms in total. The maximum Gasteiger partial charge on any atom is 0.249 e. The molecule has 0 bridgehead atoms. The van der Waals surface area contributed by atoms with Gasteiger partial charge in [-0.15, -0.1) is 0 Å². The van der Waals surface area contributed by atoms with Crippen LogP contribution in [0.1, 0.15) is 25.3 Å². The van der Waals surface area contributed by atoms with Gasteiger partial charge in [0.25, 0.3) is 0 Å². The summed E-state index contributed by atoms with van der Waals surface area (Å²) in [6.45, 7) is 2.07. The van der Waals surface area contributed by atoms with Crippen molar-refractivity contribution in [3.8, 4) is 5.75 Å². The van der Waals surface area contributed by atoms with Crippen LogP contribution in [0.3, 0.4) is 0 Å². The lowest BCUT2D eigenvalue weighted by atomic mass is 10.0. The van der Waals surface area contributed by atoms with Gasteiger partial charge in [0.2, 0.25) is 11.8 Å². The Labute approximate surface area is 118 Å². The Bertz CT molecular complexity index is 528.